The Bertz CT molecular complexity index is 723. The van der Waals surface area contributed by atoms with Gasteiger partial charge in [0.25, 0.3) is 0 Å². The summed E-state index contributed by atoms with van der Waals surface area (Å²) in [5.74, 6) is 1.45. The van der Waals surface area contributed by atoms with Crippen molar-refractivity contribution in [3.63, 3.8) is 0 Å². The average Bonchev–Trinajstić information content (AvgIpc) is 2.80. The van der Waals surface area contributed by atoms with E-state index in [1.54, 1.807) is 6.07 Å². The summed E-state index contributed by atoms with van der Waals surface area (Å²) in [6.45, 7) is 1.94. The van der Waals surface area contributed by atoms with Crippen molar-refractivity contribution in [1.29, 1.82) is 0 Å². The van der Waals surface area contributed by atoms with Gasteiger partial charge in [0, 0.05) is 12.1 Å². The SMILES string of the molecule is Cc1cc(Nc2cc(Cl)ncn2)n(-c2ccccc2)n1. The maximum absolute atomic E-state index is 5.86. The maximum Gasteiger partial charge on any atom is 0.136 e. The lowest BCUT2D eigenvalue weighted by Gasteiger charge is -2.08. The van der Waals surface area contributed by atoms with Crippen LogP contribution in [0, 0.1) is 6.92 Å². The van der Waals surface area contributed by atoms with Crippen LogP contribution in [-0.2, 0) is 0 Å². The molecule has 0 aliphatic rings. The fourth-order valence-corrected chi connectivity index (χ4v) is 2.03. The van der Waals surface area contributed by atoms with E-state index in [1.807, 2.05) is 48.0 Å². The molecular formula is C14H12ClN5. The lowest BCUT2D eigenvalue weighted by Crippen LogP contribution is -2.03. The van der Waals surface area contributed by atoms with E-state index >= 15 is 0 Å². The second kappa shape index (κ2) is 5.30. The minimum absolute atomic E-state index is 0.394. The largest absolute Gasteiger partial charge is 0.325 e. The van der Waals surface area contributed by atoms with Crippen LogP contribution in [0.3, 0.4) is 0 Å². The van der Waals surface area contributed by atoms with Crippen molar-refractivity contribution in [2.45, 2.75) is 6.92 Å². The molecule has 3 rings (SSSR count). The summed E-state index contributed by atoms with van der Waals surface area (Å²) in [5, 5.41) is 8.07. The van der Waals surface area contributed by atoms with Gasteiger partial charge in [-0.1, -0.05) is 29.8 Å². The van der Waals surface area contributed by atoms with Crippen molar-refractivity contribution in [1.82, 2.24) is 19.7 Å². The molecule has 1 aromatic carbocycles. The molecule has 0 aliphatic carbocycles. The molecule has 0 saturated carbocycles. The van der Waals surface area contributed by atoms with Crippen LogP contribution < -0.4 is 5.32 Å². The fourth-order valence-electron chi connectivity index (χ4n) is 1.89. The summed E-state index contributed by atoms with van der Waals surface area (Å²) in [6, 6.07) is 13.5. The number of nitrogens with zero attached hydrogens (tertiary/aromatic N) is 4. The molecule has 6 heteroatoms. The van der Waals surface area contributed by atoms with Gasteiger partial charge in [-0.3, -0.25) is 0 Å². The van der Waals surface area contributed by atoms with Crippen LogP contribution in [0.1, 0.15) is 5.69 Å². The number of aryl methyl sites for hydroxylation is 1. The number of nitrogens with one attached hydrogen (secondary N) is 1. The van der Waals surface area contributed by atoms with Gasteiger partial charge in [0.2, 0.25) is 0 Å². The summed E-state index contributed by atoms with van der Waals surface area (Å²) >= 11 is 5.86. The van der Waals surface area contributed by atoms with Crippen LogP contribution in [0.4, 0.5) is 11.6 Å². The number of halogens is 1. The van der Waals surface area contributed by atoms with E-state index in [9.17, 15) is 0 Å². The van der Waals surface area contributed by atoms with E-state index in [0.717, 1.165) is 17.2 Å². The summed E-state index contributed by atoms with van der Waals surface area (Å²) in [4.78, 5) is 7.99. The number of rotatable bonds is 3. The van der Waals surface area contributed by atoms with E-state index in [0.29, 0.717) is 11.0 Å². The first kappa shape index (κ1) is 12.6. The summed E-state index contributed by atoms with van der Waals surface area (Å²) in [5.41, 5.74) is 1.89. The smallest absolute Gasteiger partial charge is 0.136 e. The van der Waals surface area contributed by atoms with E-state index in [1.165, 1.54) is 6.33 Å². The van der Waals surface area contributed by atoms with Gasteiger partial charge < -0.3 is 5.32 Å². The number of hydrogen-bond acceptors (Lipinski definition) is 4. The molecule has 0 atom stereocenters. The Kier molecular flexibility index (Phi) is 3.35. The molecular weight excluding hydrogens is 274 g/mol. The predicted molar refractivity (Wildman–Crippen MR) is 78.6 cm³/mol. The molecule has 1 N–H and O–H groups in total. The van der Waals surface area contributed by atoms with Gasteiger partial charge in [-0.05, 0) is 19.1 Å². The van der Waals surface area contributed by atoms with Crippen molar-refractivity contribution in [2.24, 2.45) is 0 Å². The lowest BCUT2D eigenvalue weighted by atomic mass is 10.3. The van der Waals surface area contributed by atoms with Gasteiger partial charge in [-0.15, -0.1) is 0 Å². The summed E-state index contributed by atoms with van der Waals surface area (Å²) in [6.07, 6.45) is 1.42. The normalized spacial score (nSPS) is 10.5. The predicted octanol–water partition coefficient (Wildman–Crippen LogP) is 3.37. The Balaban J connectivity index is 1.98. The molecule has 100 valence electrons. The highest BCUT2D eigenvalue weighted by Crippen LogP contribution is 2.21. The number of benzene rings is 1. The highest BCUT2D eigenvalue weighted by Gasteiger charge is 2.08. The molecule has 20 heavy (non-hydrogen) atoms. The van der Waals surface area contributed by atoms with Crippen LogP contribution in [0.25, 0.3) is 5.69 Å². The van der Waals surface area contributed by atoms with Crippen molar-refractivity contribution < 1.29 is 0 Å². The van der Waals surface area contributed by atoms with Crippen LogP contribution in [0.15, 0.2) is 48.8 Å². The zero-order chi connectivity index (χ0) is 13.9. The van der Waals surface area contributed by atoms with Gasteiger partial charge in [-0.2, -0.15) is 5.10 Å². The Labute approximate surface area is 121 Å². The van der Waals surface area contributed by atoms with Crippen LogP contribution >= 0.6 is 11.6 Å². The zero-order valence-electron chi connectivity index (χ0n) is 10.8. The van der Waals surface area contributed by atoms with E-state index in [4.69, 9.17) is 11.6 Å². The molecule has 0 aliphatic heterocycles. The summed E-state index contributed by atoms with van der Waals surface area (Å²) in [7, 11) is 0. The zero-order valence-corrected chi connectivity index (χ0v) is 11.5. The molecule has 3 aromatic rings. The van der Waals surface area contributed by atoms with Crippen molar-refractivity contribution >= 4 is 23.2 Å². The summed E-state index contributed by atoms with van der Waals surface area (Å²) < 4.78 is 1.82. The van der Waals surface area contributed by atoms with Crippen molar-refractivity contribution in [3.05, 3.63) is 59.6 Å². The van der Waals surface area contributed by atoms with Gasteiger partial charge in [-0.25, -0.2) is 14.6 Å². The third kappa shape index (κ3) is 2.62. The molecule has 2 aromatic heterocycles. The van der Waals surface area contributed by atoms with Crippen LogP contribution in [0.2, 0.25) is 5.15 Å². The van der Waals surface area contributed by atoms with E-state index in [-0.39, 0.29) is 0 Å². The number of para-hydroxylation sites is 1. The third-order valence-corrected chi connectivity index (χ3v) is 2.93. The Morgan fingerprint density at radius 2 is 1.90 bits per heavy atom. The van der Waals surface area contributed by atoms with Gasteiger partial charge in [0.15, 0.2) is 0 Å². The number of aromatic nitrogens is 4. The minimum atomic E-state index is 0.394. The Morgan fingerprint density at radius 3 is 2.65 bits per heavy atom. The van der Waals surface area contributed by atoms with Crippen molar-refractivity contribution in [2.75, 3.05) is 5.32 Å². The third-order valence-electron chi connectivity index (χ3n) is 2.72. The first-order valence-electron chi connectivity index (χ1n) is 6.09. The minimum Gasteiger partial charge on any atom is -0.325 e. The average molecular weight is 286 g/mol. The Morgan fingerprint density at radius 1 is 1.10 bits per heavy atom. The fraction of sp³-hybridized carbons (Fsp3) is 0.0714. The molecule has 0 fully saturated rings. The molecule has 0 spiro atoms. The molecule has 0 amide bonds. The number of anilines is 2. The Hall–Kier alpha value is -2.40. The van der Waals surface area contributed by atoms with Gasteiger partial charge in [0.1, 0.15) is 23.1 Å². The highest BCUT2D eigenvalue weighted by molar-refractivity contribution is 6.29. The van der Waals surface area contributed by atoms with Crippen LogP contribution in [0.5, 0.6) is 0 Å². The lowest BCUT2D eigenvalue weighted by molar-refractivity contribution is 0.868. The quantitative estimate of drug-likeness (QED) is 0.750. The van der Waals surface area contributed by atoms with Crippen LogP contribution in [-0.4, -0.2) is 19.7 Å². The van der Waals surface area contributed by atoms with Crippen molar-refractivity contribution in [3.8, 4) is 5.69 Å². The topological polar surface area (TPSA) is 55.6 Å². The van der Waals surface area contributed by atoms with Gasteiger partial charge in [0.05, 0.1) is 11.4 Å². The molecule has 0 saturated heterocycles. The molecule has 2 heterocycles. The van der Waals surface area contributed by atoms with E-state index in [2.05, 4.69) is 20.4 Å². The standard InChI is InChI=1S/C14H12ClN5/c1-10-7-14(18-13-8-12(15)16-9-17-13)20(19-10)11-5-3-2-4-6-11/h2-9H,1H3,(H,16,17,18). The maximum atomic E-state index is 5.86. The van der Waals surface area contributed by atoms with E-state index < -0.39 is 0 Å². The monoisotopic (exact) mass is 285 g/mol. The first-order chi connectivity index (χ1) is 9.72. The number of hydrogen-bond donors (Lipinski definition) is 1. The second-order valence-corrected chi connectivity index (χ2v) is 4.66. The highest BCUT2D eigenvalue weighted by atomic mass is 35.5. The molecule has 0 radical (unpaired) electrons. The molecule has 5 nitrogen and oxygen atoms in total. The van der Waals surface area contributed by atoms with Gasteiger partial charge >= 0.3 is 0 Å². The second-order valence-electron chi connectivity index (χ2n) is 4.27. The molecule has 0 bridgehead atoms. The first-order valence-corrected chi connectivity index (χ1v) is 6.47. The molecule has 0 unspecified atom stereocenters.